The first-order valence-corrected chi connectivity index (χ1v) is 7.41. The lowest BCUT2D eigenvalue weighted by Crippen LogP contribution is -2.51. The van der Waals surface area contributed by atoms with Crippen LogP contribution in [0.2, 0.25) is 0 Å². The fraction of sp³-hybridized carbons (Fsp3) is 0.714. The normalized spacial score (nSPS) is 27.5. The van der Waals surface area contributed by atoms with Crippen LogP contribution in [0.25, 0.3) is 0 Å². The number of piperidine rings is 1. The van der Waals surface area contributed by atoms with E-state index in [1.54, 1.807) is 6.20 Å². The molecule has 0 aliphatic carbocycles. The molecule has 0 saturated carbocycles. The van der Waals surface area contributed by atoms with E-state index in [-0.39, 0.29) is 17.9 Å². The van der Waals surface area contributed by atoms with Crippen molar-refractivity contribution in [2.45, 2.75) is 25.5 Å². The number of aromatic nitrogens is 2. The van der Waals surface area contributed by atoms with Crippen molar-refractivity contribution in [3.63, 3.8) is 0 Å². The van der Waals surface area contributed by atoms with Crippen LogP contribution in [0.5, 0.6) is 0 Å². The average molecular weight is 278 g/mol. The smallest absolute Gasteiger partial charge is 0.227 e. The van der Waals surface area contributed by atoms with Crippen molar-refractivity contribution in [1.29, 1.82) is 0 Å². The number of nitrogens with one attached hydrogen (secondary N) is 1. The number of hydrogen-bond donors (Lipinski definition) is 1. The van der Waals surface area contributed by atoms with Gasteiger partial charge in [0.05, 0.1) is 25.2 Å². The summed E-state index contributed by atoms with van der Waals surface area (Å²) < 4.78 is 7.61. The second-order valence-electron chi connectivity index (χ2n) is 5.55. The van der Waals surface area contributed by atoms with Gasteiger partial charge in [-0.1, -0.05) is 0 Å². The Hall–Kier alpha value is -1.40. The van der Waals surface area contributed by atoms with Gasteiger partial charge in [0.15, 0.2) is 0 Å². The van der Waals surface area contributed by atoms with E-state index in [4.69, 9.17) is 4.74 Å². The third kappa shape index (κ3) is 3.19. The van der Waals surface area contributed by atoms with Crippen molar-refractivity contribution in [2.24, 2.45) is 5.92 Å². The van der Waals surface area contributed by atoms with E-state index in [1.165, 1.54) is 0 Å². The molecular formula is C14H22N4O2. The molecule has 2 aliphatic rings. The Morgan fingerprint density at radius 1 is 1.50 bits per heavy atom. The van der Waals surface area contributed by atoms with Crippen molar-refractivity contribution in [1.82, 2.24) is 20.0 Å². The lowest BCUT2D eigenvalue weighted by atomic mass is 9.98. The van der Waals surface area contributed by atoms with Crippen LogP contribution in [0, 0.1) is 5.92 Å². The van der Waals surface area contributed by atoms with Crippen LogP contribution in [0.1, 0.15) is 12.8 Å². The second-order valence-corrected chi connectivity index (χ2v) is 5.55. The Balaban J connectivity index is 1.55. The minimum Gasteiger partial charge on any atom is -0.373 e. The number of hydrogen-bond acceptors (Lipinski definition) is 4. The van der Waals surface area contributed by atoms with Crippen LogP contribution >= 0.6 is 0 Å². The van der Waals surface area contributed by atoms with Gasteiger partial charge in [0.2, 0.25) is 5.91 Å². The quantitative estimate of drug-likeness (QED) is 0.852. The predicted octanol–water partition coefficient (Wildman–Crippen LogP) is 0.110. The summed E-state index contributed by atoms with van der Waals surface area (Å²) in [6.45, 7) is 4.58. The van der Waals surface area contributed by atoms with Crippen molar-refractivity contribution < 1.29 is 9.53 Å². The lowest BCUT2D eigenvalue weighted by molar-refractivity contribution is -0.144. The van der Waals surface area contributed by atoms with E-state index in [0.717, 1.165) is 25.9 Å². The molecule has 1 amide bonds. The minimum atomic E-state index is 0.0455. The molecule has 1 aromatic rings. The standard InChI is InChI=1S/C14H22N4O2/c19-14(12-3-1-4-15-9-12)17-7-8-20-13(10-17)11-18-6-2-5-16-18/h2,5-6,12-13,15H,1,3-4,7-11H2. The fourth-order valence-electron chi connectivity index (χ4n) is 2.97. The van der Waals surface area contributed by atoms with Crippen LogP contribution < -0.4 is 5.32 Å². The zero-order chi connectivity index (χ0) is 13.8. The molecule has 2 fully saturated rings. The topological polar surface area (TPSA) is 59.4 Å². The van der Waals surface area contributed by atoms with Crippen molar-refractivity contribution in [3.8, 4) is 0 Å². The summed E-state index contributed by atoms with van der Waals surface area (Å²) in [4.78, 5) is 14.5. The molecule has 20 heavy (non-hydrogen) atoms. The molecule has 2 atom stereocenters. The summed E-state index contributed by atoms with van der Waals surface area (Å²) in [7, 11) is 0. The highest BCUT2D eigenvalue weighted by atomic mass is 16.5. The Bertz CT molecular complexity index is 428. The molecule has 1 aromatic heterocycles. The van der Waals surface area contributed by atoms with E-state index in [2.05, 4.69) is 10.4 Å². The van der Waals surface area contributed by atoms with E-state index in [1.807, 2.05) is 21.8 Å². The number of nitrogens with zero attached hydrogens (tertiary/aromatic N) is 3. The summed E-state index contributed by atoms with van der Waals surface area (Å²) in [6.07, 6.45) is 5.84. The molecule has 6 nitrogen and oxygen atoms in total. The molecule has 3 heterocycles. The maximum atomic E-state index is 12.5. The van der Waals surface area contributed by atoms with Gasteiger partial charge in [-0.15, -0.1) is 0 Å². The molecule has 6 heteroatoms. The summed E-state index contributed by atoms with van der Waals surface area (Å²) in [6, 6.07) is 1.90. The molecule has 0 aromatic carbocycles. The number of carbonyl (C=O) groups is 1. The second kappa shape index (κ2) is 6.37. The first-order chi connectivity index (χ1) is 9.83. The van der Waals surface area contributed by atoms with E-state index >= 15 is 0 Å². The molecule has 2 unspecified atom stereocenters. The number of ether oxygens (including phenoxy) is 1. The van der Waals surface area contributed by atoms with Crippen molar-refractivity contribution in [3.05, 3.63) is 18.5 Å². The van der Waals surface area contributed by atoms with Crippen molar-refractivity contribution >= 4 is 5.91 Å². The van der Waals surface area contributed by atoms with Gasteiger partial charge in [-0.25, -0.2) is 0 Å². The van der Waals surface area contributed by atoms with Gasteiger partial charge in [0.25, 0.3) is 0 Å². The average Bonchev–Trinajstić information content (AvgIpc) is 3.01. The zero-order valence-corrected chi connectivity index (χ0v) is 11.7. The van der Waals surface area contributed by atoms with Gasteiger partial charge in [-0.3, -0.25) is 9.48 Å². The molecular weight excluding hydrogens is 256 g/mol. The van der Waals surface area contributed by atoms with Crippen LogP contribution in [0.4, 0.5) is 0 Å². The SMILES string of the molecule is O=C(C1CCCNC1)N1CCOC(Cn2cccn2)C1. The molecule has 0 bridgehead atoms. The molecule has 3 rings (SSSR count). The summed E-state index contributed by atoms with van der Waals surface area (Å²) >= 11 is 0. The lowest BCUT2D eigenvalue weighted by Gasteiger charge is -2.36. The molecule has 2 aliphatic heterocycles. The number of rotatable bonds is 3. The number of amides is 1. The highest BCUT2D eigenvalue weighted by Crippen LogP contribution is 2.16. The minimum absolute atomic E-state index is 0.0455. The molecule has 0 radical (unpaired) electrons. The first kappa shape index (κ1) is 13.6. The Kier molecular flexibility index (Phi) is 4.32. The predicted molar refractivity (Wildman–Crippen MR) is 74.1 cm³/mol. The third-order valence-corrected chi connectivity index (χ3v) is 4.05. The Morgan fingerprint density at radius 3 is 3.20 bits per heavy atom. The van der Waals surface area contributed by atoms with Gasteiger partial charge in [0.1, 0.15) is 0 Å². The Labute approximate surface area is 119 Å². The summed E-state index contributed by atoms with van der Waals surface area (Å²) in [5.41, 5.74) is 0. The van der Waals surface area contributed by atoms with Gasteiger partial charge in [-0.05, 0) is 25.5 Å². The molecule has 1 N–H and O–H groups in total. The monoisotopic (exact) mass is 278 g/mol. The van der Waals surface area contributed by atoms with E-state index < -0.39 is 0 Å². The first-order valence-electron chi connectivity index (χ1n) is 7.41. The fourth-order valence-corrected chi connectivity index (χ4v) is 2.97. The maximum Gasteiger partial charge on any atom is 0.227 e. The highest BCUT2D eigenvalue weighted by Gasteiger charge is 2.30. The number of morpholine rings is 1. The molecule has 2 saturated heterocycles. The van der Waals surface area contributed by atoms with Gasteiger partial charge >= 0.3 is 0 Å². The maximum absolute atomic E-state index is 12.5. The molecule has 0 spiro atoms. The van der Waals surface area contributed by atoms with E-state index in [9.17, 15) is 4.79 Å². The number of carbonyl (C=O) groups excluding carboxylic acids is 1. The van der Waals surface area contributed by atoms with Crippen LogP contribution in [-0.4, -0.2) is 59.5 Å². The summed E-state index contributed by atoms with van der Waals surface area (Å²) in [5.74, 6) is 0.429. The Morgan fingerprint density at radius 2 is 2.45 bits per heavy atom. The van der Waals surface area contributed by atoms with Gasteiger partial charge in [0, 0.05) is 32.0 Å². The van der Waals surface area contributed by atoms with Crippen molar-refractivity contribution in [2.75, 3.05) is 32.8 Å². The van der Waals surface area contributed by atoms with Crippen LogP contribution in [0.3, 0.4) is 0 Å². The highest BCUT2D eigenvalue weighted by molar-refractivity contribution is 5.79. The largest absolute Gasteiger partial charge is 0.373 e. The van der Waals surface area contributed by atoms with E-state index in [0.29, 0.717) is 26.2 Å². The third-order valence-electron chi connectivity index (χ3n) is 4.05. The zero-order valence-electron chi connectivity index (χ0n) is 11.7. The van der Waals surface area contributed by atoms with Crippen LogP contribution in [-0.2, 0) is 16.1 Å². The van der Waals surface area contributed by atoms with Crippen LogP contribution in [0.15, 0.2) is 18.5 Å². The van der Waals surface area contributed by atoms with Gasteiger partial charge in [-0.2, -0.15) is 5.10 Å². The van der Waals surface area contributed by atoms with Gasteiger partial charge < -0.3 is 15.0 Å². The summed E-state index contributed by atoms with van der Waals surface area (Å²) in [5, 5.41) is 7.50. The molecule has 110 valence electrons.